The van der Waals surface area contributed by atoms with Gasteiger partial charge in [0.2, 0.25) is 0 Å². The van der Waals surface area contributed by atoms with E-state index in [-0.39, 0.29) is 0 Å². The lowest BCUT2D eigenvalue weighted by Gasteiger charge is -2.26. The number of anilines is 3. The van der Waals surface area contributed by atoms with Crippen molar-refractivity contribution in [3.63, 3.8) is 0 Å². The lowest BCUT2D eigenvalue weighted by molar-refractivity contribution is 0.669. The van der Waals surface area contributed by atoms with Gasteiger partial charge in [-0.2, -0.15) is 0 Å². The first kappa shape index (κ1) is 46.7. The minimum Gasteiger partial charge on any atom is -0.456 e. The Morgan fingerprint density at radius 2 is 0.855 bits per heavy atom. The van der Waals surface area contributed by atoms with Gasteiger partial charge in [0.05, 0.1) is 22.1 Å². The van der Waals surface area contributed by atoms with E-state index in [0.717, 1.165) is 106 Å². The molecule has 0 aliphatic rings. The van der Waals surface area contributed by atoms with Crippen LogP contribution in [0.2, 0.25) is 0 Å². The van der Waals surface area contributed by atoms with Gasteiger partial charge < -0.3 is 9.32 Å². The van der Waals surface area contributed by atoms with E-state index in [1.54, 1.807) is 0 Å². The van der Waals surface area contributed by atoms with Crippen LogP contribution in [0.5, 0.6) is 0 Å². The monoisotopic (exact) mass is 1060 g/mol. The van der Waals surface area contributed by atoms with Crippen molar-refractivity contribution in [3.8, 4) is 50.7 Å². The molecule has 3 heterocycles. The van der Waals surface area contributed by atoms with Crippen LogP contribution in [0.3, 0.4) is 0 Å². The Balaban J connectivity index is 0.955. The molecule has 0 saturated heterocycles. The predicted molar refractivity (Wildman–Crippen MR) is 348 cm³/mol. The quantitative estimate of drug-likeness (QED) is 0.142. The van der Waals surface area contributed by atoms with Crippen molar-refractivity contribution < 1.29 is 4.42 Å². The van der Waals surface area contributed by atoms with E-state index >= 15 is 0 Å². The molecular formula is C78H48N4O. The lowest BCUT2D eigenvalue weighted by Crippen LogP contribution is -2.10. The summed E-state index contributed by atoms with van der Waals surface area (Å²) in [6.07, 6.45) is 0. The van der Waals surface area contributed by atoms with E-state index in [1.807, 2.05) is 0 Å². The van der Waals surface area contributed by atoms with Gasteiger partial charge in [0.15, 0.2) is 5.82 Å². The van der Waals surface area contributed by atoms with Gasteiger partial charge in [-0.3, -0.25) is 4.57 Å². The van der Waals surface area contributed by atoms with Gasteiger partial charge in [0.25, 0.3) is 0 Å². The number of nitrogens with zero attached hydrogens (tertiary/aromatic N) is 4. The molecule has 0 aliphatic carbocycles. The minimum absolute atomic E-state index is 0.639. The highest BCUT2D eigenvalue weighted by molar-refractivity contribution is 6.31. The van der Waals surface area contributed by atoms with Crippen molar-refractivity contribution >= 4 is 115 Å². The molecule has 3 aromatic heterocycles. The summed E-state index contributed by atoms with van der Waals surface area (Å²) in [4.78, 5) is 13.5. The van der Waals surface area contributed by atoms with Crippen LogP contribution in [-0.4, -0.2) is 14.5 Å². The van der Waals surface area contributed by atoms with Crippen LogP contribution in [0.1, 0.15) is 0 Å². The Labute approximate surface area is 477 Å². The Bertz CT molecular complexity index is 5450. The van der Waals surface area contributed by atoms with Crippen LogP contribution in [0.15, 0.2) is 296 Å². The zero-order chi connectivity index (χ0) is 54.5. The molecule has 0 N–H and O–H groups in total. The number of furan rings is 1. The molecule has 0 spiro atoms. The molecule has 0 amide bonds. The van der Waals surface area contributed by atoms with Crippen LogP contribution in [0.4, 0.5) is 17.1 Å². The first-order valence-corrected chi connectivity index (χ1v) is 28.3. The molecule has 0 saturated carbocycles. The fraction of sp³-hybridized carbons (Fsp3) is 0. The van der Waals surface area contributed by atoms with Crippen LogP contribution in [0, 0.1) is 0 Å². The van der Waals surface area contributed by atoms with Crippen molar-refractivity contribution in [1.82, 2.24) is 14.5 Å². The zero-order valence-electron chi connectivity index (χ0n) is 44.9. The van der Waals surface area contributed by atoms with Gasteiger partial charge in [0, 0.05) is 56.5 Å². The number of benzene rings is 14. The van der Waals surface area contributed by atoms with Crippen molar-refractivity contribution in [2.45, 2.75) is 0 Å². The Morgan fingerprint density at radius 3 is 1.60 bits per heavy atom. The second-order valence-corrected chi connectivity index (χ2v) is 21.6. The fourth-order valence-corrected chi connectivity index (χ4v) is 13.1. The van der Waals surface area contributed by atoms with E-state index < -0.39 is 0 Å². The molecule has 0 fully saturated rings. The highest BCUT2D eigenvalue weighted by atomic mass is 16.3. The average Bonchev–Trinajstić information content (AvgIpc) is 3.79. The molecule has 386 valence electrons. The van der Waals surface area contributed by atoms with Crippen LogP contribution in [0.25, 0.3) is 148 Å². The molecule has 17 aromatic rings. The van der Waals surface area contributed by atoms with Gasteiger partial charge in [-0.15, -0.1) is 0 Å². The van der Waals surface area contributed by atoms with Gasteiger partial charge >= 0.3 is 0 Å². The van der Waals surface area contributed by atoms with E-state index in [0.29, 0.717) is 5.82 Å². The molecule has 5 nitrogen and oxygen atoms in total. The molecule has 0 atom stereocenters. The second-order valence-electron chi connectivity index (χ2n) is 21.6. The molecule has 0 radical (unpaired) electrons. The second kappa shape index (κ2) is 18.7. The number of hydrogen-bond donors (Lipinski definition) is 0. The molecule has 0 bridgehead atoms. The summed E-state index contributed by atoms with van der Waals surface area (Å²) in [5, 5.41) is 16.3. The van der Waals surface area contributed by atoms with Gasteiger partial charge in [-0.1, -0.05) is 218 Å². The highest BCUT2D eigenvalue weighted by Gasteiger charge is 2.25. The Kier molecular flexibility index (Phi) is 10.6. The van der Waals surface area contributed by atoms with Crippen LogP contribution < -0.4 is 4.90 Å². The van der Waals surface area contributed by atoms with E-state index in [1.165, 1.54) is 53.9 Å². The summed E-state index contributed by atoms with van der Waals surface area (Å²) in [6, 6.07) is 105. The first-order chi connectivity index (χ1) is 41.1. The normalized spacial score (nSPS) is 11.9. The summed E-state index contributed by atoms with van der Waals surface area (Å²) >= 11 is 0. The highest BCUT2D eigenvalue weighted by Crippen LogP contribution is 2.47. The number of aromatic nitrogens is 3. The maximum Gasteiger partial charge on any atom is 0.162 e. The largest absolute Gasteiger partial charge is 0.456 e. The van der Waals surface area contributed by atoms with Crippen molar-refractivity contribution in [2.24, 2.45) is 0 Å². The number of hydrogen-bond acceptors (Lipinski definition) is 4. The van der Waals surface area contributed by atoms with Crippen LogP contribution >= 0.6 is 0 Å². The van der Waals surface area contributed by atoms with Gasteiger partial charge in [-0.25, -0.2) is 9.97 Å². The SMILES string of the molecule is c1ccc(-c2cccc(N(c3ccc4c(c3)oc3ccc5c6cc7c8ccccc8c8ccccc8c7cc6n(-c6cc(-c7ccccc7)nc(-c7ccccc7-c7ccccc7)n6)c5c34)c3ccc4ccc5ccccc5c4c3)c2)cc1. The van der Waals surface area contributed by atoms with Gasteiger partial charge in [-0.05, 0) is 137 Å². The van der Waals surface area contributed by atoms with Crippen molar-refractivity contribution in [2.75, 3.05) is 4.90 Å². The summed E-state index contributed by atoms with van der Waals surface area (Å²) in [5.41, 5.74) is 13.9. The molecule has 14 aromatic carbocycles. The maximum atomic E-state index is 7.20. The average molecular weight is 1060 g/mol. The number of rotatable bonds is 8. The Hall–Kier alpha value is -11.1. The van der Waals surface area contributed by atoms with Gasteiger partial charge in [0.1, 0.15) is 17.0 Å². The Morgan fingerprint density at radius 1 is 0.301 bits per heavy atom. The summed E-state index contributed by atoms with van der Waals surface area (Å²) in [5.74, 6) is 1.40. The zero-order valence-corrected chi connectivity index (χ0v) is 44.9. The summed E-state index contributed by atoms with van der Waals surface area (Å²) in [6.45, 7) is 0. The predicted octanol–water partition coefficient (Wildman–Crippen LogP) is 21.4. The number of fused-ring (bicyclic) bond motifs is 16. The molecule has 17 rings (SSSR count). The maximum absolute atomic E-state index is 7.20. The third kappa shape index (κ3) is 7.56. The van der Waals surface area contributed by atoms with E-state index in [2.05, 4.69) is 301 Å². The summed E-state index contributed by atoms with van der Waals surface area (Å²) in [7, 11) is 0. The smallest absolute Gasteiger partial charge is 0.162 e. The van der Waals surface area contributed by atoms with E-state index in [4.69, 9.17) is 14.4 Å². The van der Waals surface area contributed by atoms with E-state index in [9.17, 15) is 0 Å². The summed E-state index contributed by atoms with van der Waals surface area (Å²) < 4.78 is 9.59. The third-order valence-corrected chi connectivity index (χ3v) is 16.9. The minimum atomic E-state index is 0.639. The lowest BCUT2D eigenvalue weighted by atomic mass is 9.93. The third-order valence-electron chi connectivity index (χ3n) is 16.9. The molecule has 0 aliphatic heterocycles. The molecule has 83 heavy (non-hydrogen) atoms. The first-order valence-electron chi connectivity index (χ1n) is 28.3. The van der Waals surface area contributed by atoms with Crippen LogP contribution in [-0.2, 0) is 0 Å². The topological polar surface area (TPSA) is 47.1 Å². The van der Waals surface area contributed by atoms with Crippen molar-refractivity contribution in [1.29, 1.82) is 0 Å². The standard InChI is InChI=1S/C78H48N4O/c1-4-19-49(20-5-1)54-26-18-27-55(43-54)81(56-38-37-52-36-35-51-23-10-11-29-59(51)67(52)44-56)57-39-40-66-74(45-57)83-73-42-41-64-70-46-68-62-32-15-13-30-60(62)61-31-14-16-33-63(61)69(68)47-72(70)82(77(64)76(66)73)75-48-71(53-24-8-3-9-25-53)79-78(80-75)65-34-17-12-28-58(65)50-21-6-2-7-22-50/h1-48H. The molecule has 5 heteroatoms. The molecule has 0 unspecified atom stereocenters. The molecular weight excluding hydrogens is 1010 g/mol. The fourth-order valence-electron chi connectivity index (χ4n) is 13.1. The van der Waals surface area contributed by atoms with Crippen molar-refractivity contribution in [3.05, 3.63) is 291 Å².